The number of hydrogen-bond donors (Lipinski definition) is 8. The molecule has 0 bridgehead atoms. The highest BCUT2D eigenvalue weighted by Gasteiger charge is 2.44. The number of benzene rings is 2. The summed E-state index contributed by atoms with van der Waals surface area (Å²) in [5.41, 5.74) is 6.74. The smallest absolute Gasteiger partial charge is 0.410 e. The van der Waals surface area contributed by atoms with Gasteiger partial charge in [-0.15, -0.1) is 0 Å². The maximum Gasteiger partial charge on any atom is 0.410 e. The molecule has 0 unspecified atom stereocenters. The number of aliphatic hydroxyl groups excluding tert-OH is 1. The van der Waals surface area contributed by atoms with Crippen molar-refractivity contribution < 1.29 is 76.8 Å². The third-order valence-electron chi connectivity index (χ3n) is 17.4. The van der Waals surface area contributed by atoms with Crippen molar-refractivity contribution in [2.75, 3.05) is 66.5 Å². The number of likely N-dealkylation sites (tertiary alicyclic amines) is 1. The standard InChI is InChI=1S/C67H103N11O16/c1-15-42(8)58(50(91-13)37-54(82)77-33-20-24-49(77)60(92-14)43(9)61(84)70-44(10)59(83)46-21-17-16-18-22-46)75(11)65(88)56(40(4)5)74-64(87)57(41(6)7)76(12)67(90)94-38-45-25-27-47(28-26-45)71-62(85)48(23-19-32-69-66(68)89)72-63(86)55(39(2)3)73-51(79)31-35-93-36-34-78-52(80)29-30-53(78)81/h16-18,21-22,25-30,39-44,48-50,55-60,83H,15,19-20,23-24,31-38H2,1-14H3,(H,70,84)(H,71,85)(H,72,86)(H,73,79)(H,74,87)(H3,68,69,89)/t42-,43+,44+,48-,49-,50+,55-,56-,57-,58-,59+,60+/m0/s1. The highest BCUT2D eigenvalue weighted by molar-refractivity contribution is 6.12. The summed E-state index contributed by atoms with van der Waals surface area (Å²) in [6.07, 6.45) is 1.05. The maximum absolute atomic E-state index is 14.8. The molecular formula is C67H103N11O16. The lowest BCUT2D eigenvalue weighted by Gasteiger charge is -2.41. The van der Waals surface area contributed by atoms with Crippen LogP contribution in [0, 0.1) is 29.6 Å². The number of primary amides is 1. The lowest BCUT2D eigenvalue weighted by atomic mass is 9.89. The Labute approximate surface area is 553 Å². The van der Waals surface area contributed by atoms with Crippen LogP contribution in [0.5, 0.6) is 0 Å². The number of rotatable bonds is 38. The van der Waals surface area contributed by atoms with E-state index in [0.29, 0.717) is 42.6 Å². The first kappa shape index (κ1) is 78.4. The molecule has 94 heavy (non-hydrogen) atoms. The number of nitrogens with one attached hydrogen (secondary N) is 6. The van der Waals surface area contributed by atoms with E-state index in [0.717, 1.165) is 17.1 Å². The molecule has 2 heterocycles. The molecule has 9 N–H and O–H groups in total. The first-order chi connectivity index (χ1) is 44.5. The molecule has 27 heteroatoms. The van der Waals surface area contributed by atoms with Gasteiger partial charge in [0.2, 0.25) is 41.4 Å². The maximum atomic E-state index is 14.8. The number of imide groups is 1. The number of ether oxygens (including phenoxy) is 4. The molecule has 4 rings (SSSR count). The fraction of sp³-hybridized carbons (Fsp3) is 0.627. The topological polar surface area (TPSA) is 356 Å². The first-order valence-electron chi connectivity index (χ1n) is 32.5. The molecule has 2 aliphatic rings. The van der Waals surface area contributed by atoms with Crippen LogP contribution in [0.3, 0.4) is 0 Å². The largest absolute Gasteiger partial charge is 0.445 e. The van der Waals surface area contributed by atoms with Crippen LogP contribution in [0.1, 0.15) is 131 Å². The number of likely N-dealkylation sites (N-methyl/N-ethyl adjacent to an activating group) is 2. The van der Waals surface area contributed by atoms with Gasteiger partial charge in [0.15, 0.2) is 0 Å². The molecule has 0 radical (unpaired) electrons. The van der Waals surface area contributed by atoms with Gasteiger partial charge in [0.05, 0.1) is 68.5 Å². The highest BCUT2D eigenvalue weighted by atomic mass is 16.6. The van der Waals surface area contributed by atoms with Crippen LogP contribution < -0.4 is 37.6 Å². The van der Waals surface area contributed by atoms with Crippen molar-refractivity contribution in [3.05, 3.63) is 77.9 Å². The van der Waals surface area contributed by atoms with E-state index in [4.69, 9.17) is 24.7 Å². The zero-order valence-electron chi connectivity index (χ0n) is 57.1. The Hall–Kier alpha value is -8.01. The summed E-state index contributed by atoms with van der Waals surface area (Å²) in [7, 11) is 6.07. The number of carbonyl (C=O) groups is 11. The van der Waals surface area contributed by atoms with Gasteiger partial charge >= 0.3 is 12.1 Å². The summed E-state index contributed by atoms with van der Waals surface area (Å²) in [6.45, 7) is 18.2. The SMILES string of the molecule is CC[C@H](C)[C@@H]([C@@H](CC(=O)N1CCC[C@H]1[C@H](OC)[C@@H](C)C(=O)N[C@H](C)[C@@H](O)c1ccccc1)OC)N(C)C(=O)[C@@H](NC(=O)[C@H](C(C)C)N(C)C(=O)OCc1ccc(NC(=O)[C@H](CCCNC(N)=O)NC(=O)[C@@H](NC(=O)CCOCCN2C(=O)C=CC2=O)C(C)C)cc1)C(C)C. The number of nitrogens with two attached hydrogens (primary N) is 1. The summed E-state index contributed by atoms with van der Waals surface area (Å²) < 4.78 is 23.2. The molecule has 12 amide bonds. The molecule has 12 atom stereocenters. The average Bonchev–Trinajstić information content (AvgIpc) is 1.33. The van der Waals surface area contributed by atoms with Crippen LogP contribution in [-0.2, 0) is 68.7 Å². The Balaban J connectivity index is 1.37. The number of anilines is 1. The Morgan fingerprint density at radius 2 is 1.37 bits per heavy atom. The monoisotopic (exact) mass is 1320 g/mol. The molecule has 0 aliphatic carbocycles. The van der Waals surface area contributed by atoms with Gasteiger partial charge in [-0.05, 0) is 79.5 Å². The molecule has 27 nitrogen and oxygen atoms in total. The van der Waals surface area contributed by atoms with Crippen molar-refractivity contribution in [2.45, 2.75) is 181 Å². The summed E-state index contributed by atoms with van der Waals surface area (Å²) >= 11 is 0. The highest BCUT2D eigenvalue weighted by Crippen LogP contribution is 2.31. The molecule has 0 aromatic heterocycles. The van der Waals surface area contributed by atoms with Crippen molar-refractivity contribution >= 4 is 71.0 Å². The predicted octanol–water partition coefficient (Wildman–Crippen LogP) is 3.92. The molecule has 1 fully saturated rings. The molecule has 2 aromatic rings. The van der Waals surface area contributed by atoms with Crippen molar-refractivity contribution in [2.24, 2.45) is 35.3 Å². The summed E-state index contributed by atoms with van der Waals surface area (Å²) in [4.78, 5) is 152. The minimum Gasteiger partial charge on any atom is -0.445 e. The lowest BCUT2D eigenvalue weighted by molar-refractivity contribution is -0.148. The van der Waals surface area contributed by atoms with Gasteiger partial charge in [-0.1, -0.05) is 111 Å². The van der Waals surface area contributed by atoms with E-state index >= 15 is 0 Å². The van der Waals surface area contributed by atoms with Gasteiger partial charge in [-0.25, -0.2) is 9.59 Å². The molecule has 1 saturated heterocycles. The third kappa shape index (κ3) is 22.9. The lowest BCUT2D eigenvalue weighted by Crippen LogP contribution is -2.60. The van der Waals surface area contributed by atoms with Crippen molar-refractivity contribution in [1.29, 1.82) is 0 Å². The summed E-state index contributed by atoms with van der Waals surface area (Å²) in [5, 5.41) is 27.5. The second-order valence-electron chi connectivity index (χ2n) is 25.3. The van der Waals surface area contributed by atoms with E-state index in [-0.39, 0.29) is 76.3 Å². The third-order valence-corrected chi connectivity index (χ3v) is 17.4. The number of aliphatic hydroxyl groups is 1. The number of urea groups is 1. The van der Waals surface area contributed by atoms with E-state index in [2.05, 4.69) is 31.9 Å². The number of nitrogens with zero attached hydrogens (tertiary/aromatic N) is 4. The Kier molecular flexibility index (Phi) is 32.0. The summed E-state index contributed by atoms with van der Waals surface area (Å²) in [5.74, 6) is -6.43. The zero-order valence-corrected chi connectivity index (χ0v) is 57.1. The minimum absolute atomic E-state index is 0.00497. The number of hydrogen-bond acceptors (Lipinski definition) is 16. The van der Waals surface area contributed by atoms with Gasteiger partial charge in [-0.2, -0.15) is 0 Å². The van der Waals surface area contributed by atoms with Gasteiger partial charge in [0.1, 0.15) is 30.8 Å². The van der Waals surface area contributed by atoms with Crippen LogP contribution in [0.2, 0.25) is 0 Å². The number of amides is 12. The normalized spacial score (nSPS) is 17.4. The van der Waals surface area contributed by atoms with Gasteiger partial charge < -0.3 is 71.5 Å². The fourth-order valence-electron chi connectivity index (χ4n) is 11.8. The van der Waals surface area contributed by atoms with Crippen LogP contribution in [0.4, 0.5) is 15.3 Å². The Morgan fingerprint density at radius 3 is 1.95 bits per heavy atom. The molecule has 0 saturated carbocycles. The first-order valence-corrected chi connectivity index (χ1v) is 32.5. The van der Waals surface area contributed by atoms with Crippen LogP contribution in [0.25, 0.3) is 0 Å². The Morgan fingerprint density at radius 1 is 0.734 bits per heavy atom. The second-order valence-corrected chi connectivity index (χ2v) is 25.3. The molecule has 2 aromatic carbocycles. The average molecular weight is 1320 g/mol. The number of carbonyl (C=O) groups excluding carboxylic acids is 11. The molecular weight excluding hydrogens is 1210 g/mol. The molecule has 0 spiro atoms. The van der Waals surface area contributed by atoms with Crippen molar-refractivity contribution in [3.8, 4) is 0 Å². The van der Waals surface area contributed by atoms with Gasteiger partial charge in [0.25, 0.3) is 11.8 Å². The zero-order chi connectivity index (χ0) is 70.1. The van der Waals surface area contributed by atoms with Crippen LogP contribution in [-0.4, -0.2) is 206 Å². The van der Waals surface area contributed by atoms with Crippen LogP contribution in [0.15, 0.2) is 66.7 Å². The van der Waals surface area contributed by atoms with E-state index in [9.17, 15) is 57.8 Å². The fourth-order valence-corrected chi connectivity index (χ4v) is 11.8. The van der Waals surface area contributed by atoms with Gasteiger partial charge in [0, 0.05) is 65.7 Å². The van der Waals surface area contributed by atoms with E-state index in [1.807, 2.05) is 32.0 Å². The van der Waals surface area contributed by atoms with Crippen LogP contribution >= 0.6 is 0 Å². The van der Waals surface area contributed by atoms with E-state index in [1.54, 1.807) is 109 Å². The molecule has 2 aliphatic heterocycles. The quantitative estimate of drug-likeness (QED) is 0.0349. The predicted molar refractivity (Wildman–Crippen MR) is 350 cm³/mol. The summed E-state index contributed by atoms with van der Waals surface area (Å²) in [6, 6.07) is 8.58. The van der Waals surface area contributed by atoms with E-state index in [1.165, 1.54) is 26.2 Å². The van der Waals surface area contributed by atoms with E-state index < -0.39 is 138 Å². The minimum atomic E-state index is -1.14. The second kappa shape index (κ2) is 38.4. The molecule has 522 valence electrons. The Bertz CT molecular complexity index is 2880. The van der Waals surface area contributed by atoms with Crippen molar-refractivity contribution in [1.82, 2.24) is 46.2 Å². The number of methoxy groups -OCH3 is 2. The van der Waals surface area contributed by atoms with Gasteiger partial charge in [-0.3, -0.25) is 53.0 Å². The van der Waals surface area contributed by atoms with Crippen molar-refractivity contribution in [3.63, 3.8) is 0 Å².